The van der Waals surface area contributed by atoms with Gasteiger partial charge in [0.1, 0.15) is 5.82 Å². The Morgan fingerprint density at radius 3 is 2.89 bits per heavy atom. The van der Waals surface area contributed by atoms with Crippen LogP contribution in [0, 0.1) is 5.41 Å². The molecule has 0 spiro atoms. The third kappa shape index (κ3) is 3.23. The molecule has 1 aliphatic rings. The fraction of sp³-hybridized carbons (Fsp3) is 0.571. The minimum absolute atomic E-state index is 0.199. The smallest absolute Gasteiger partial charge is 0.224 e. The largest absolute Gasteiger partial charge is 0.370 e. The molecule has 1 unspecified atom stereocenters. The first kappa shape index (κ1) is 13.8. The summed E-state index contributed by atoms with van der Waals surface area (Å²) in [7, 11) is 0. The van der Waals surface area contributed by atoms with Crippen LogP contribution in [0.25, 0.3) is 0 Å². The van der Waals surface area contributed by atoms with Gasteiger partial charge in [-0.25, -0.2) is 4.98 Å². The maximum atomic E-state index is 11.4. The molecule has 3 N–H and O–H groups in total. The fourth-order valence-electron chi connectivity index (χ4n) is 2.45. The molecule has 104 valence electrons. The van der Waals surface area contributed by atoms with Crippen molar-refractivity contribution in [2.24, 2.45) is 11.1 Å². The van der Waals surface area contributed by atoms with E-state index in [1.54, 1.807) is 0 Å². The van der Waals surface area contributed by atoms with Crippen molar-refractivity contribution in [1.29, 1.82) is 0 Å². The Kier molecular flexibility index (Phi) is 4.04. The number of nitrogens with zero attached hydrogens (tertiary/aromatic N) is 2. The summed E-state index contributed by atoms with van der Waals surface area (Å²) in [4.78, 5) is 18.0. The topological polar surface area (TPSA) is 71.2 Å². The molecule has 2 rings (SSSR count). The average Bonchev–Trinajstić information content (AvgIpc) is 2.75. The molecule has 1 atom stereocenters. The van der Waals surface area contributed by atoms with Crippen LogP contribution < -0.4 is 11.1 Å². The van der Waals surface area contributed by atoms with E-state index in [1.807, 2.05) is 26.1 Å². The lowest BCUT2D eigenvalue weighted by atomic mass is 9.89. The van der Waals surface area contributed by atoms with Gasteiger partial charge in [0.05, 0.1) is 5.41 Å². The first-order valence-corrected chi connectivity index (χ1v) is 6.74. The normalized spacial score (nSPS) is 23.5. The van der Waals surface area contributed by atoms with E-state index in [-0.39, 0.29) is 11.3 Å². The van der Waals surface area contributed by atoms with Crippen molar-refractivity contribution in [2.75, 3.05) is 25.0 Å². The number of likely N-dealkylation sites (tertiary alicyclic amines) is 1. The zero-order valence-corrected chi connectivity index (χ0v) is 11.6. The molecular formula is C14H22N4O. The molecule has 0 aliphatic carbocycles. The van der Waals surface area contributed by atoms with Gasteiger partial charge in [0.2, 0.25) is 5.91 Å². The molecule has 0 aromatic carbocycles. The summed E-state index contributed by atoms with van der Waals surface area (Å²) < 4.78 is 0. The van der Waals surface area contributed by atoms with Gasteiger partial charge in [-0.2, -0.15) is 0 Å². The molecule has 0 bridgehead atoms. The Morgan fingerprint density at radius 2 is 2.37 bits per heavy atom. The number of primary amides is 1. The molecular weight excluding hydrogens is 240 g/mol. The van der Waals surface area contributed by atoms with Crippen LogP contribution >= 0.6 is 0 Å². The van der Waals surface area contributed by atoms with Crippen molar-refractivity contribution in [1.82, 2.24) is 9.88 Å². The van der Waals surface area contributed by atoms with Crippen molar-refractivity contribution in [3.8, 4) is 0 Å². The Balaban J connectivity index is 1.94. The van der Waals surface area contributed by atoms with Crippen LogP contribution in [0.5, 0.6) is 0 Å². The summed E-state index contributed by atoms with van der Waals surface area (Å²) in [5, 5.41) is 3.17. The van der Waals surface area contributed by atoms with Gasteiger partial charge in [-0.05, 0) is 38.4 Å². The van der Waals surface area contributed by atoms with E-state index in [9.17, 15) is 4.79 Å². The molecule has 1 fully saturated rings. The van der Waals surface area contributed by atoms with Gasteiger partial charge in [0.25, 0.3) is 0 Å². The van der Waals surface area contributed by atoms with E-state index in [1.165, 1.54) is 0 Å². The Morgan fingerprint density at radius 1 is 1.58 bits per heavy atom. The van der Waals surface area contributed by atoms with Crippen molar-refractivity contribution in [3.05, 3.63) is 23.9 Å². The minimum atomic E-state index is -0.378. The Labute approximate surface area is 114 Å². The molecule has 1 amide bonds. The molecule has 5 heteroatoms. The van der Waals surface area contributed by atoms with Gasteiger partial charge in [-0.1, -0.05) is 6.07 Å². The van der Waals surface area contributed by atoms with Crippen molar-refractivity contribution < 1.29 is 4.79 Å². The number of pyridine rings is 1. The summed E-state index contributed by atoms with van der Waals surface area (Å²) in [6.07, 6.45) is 2.73. The van der Waals surface area contributed by atoms with Crippen LogP contribution in [0.3, 0.4) is 0 Å². The van der Waals surface area contributed by atoms with Crippen LogP contribution in [-0.2, 0) is 11.3 Å². The van der Waals surface area contributed by atoms with Crippen molar-refractivity contribution >= 4 is 11.7 Å². The van der Waals surface area contributed by atoms with Gasteiger partial charge in [-0.3, -0.25) is 9.69 Å². The van der Waals surface area contributed by atoms with Crippen LogP contribution in [0.4, 0.5) is 5.82 Å². The molecule has 19 heavy (non-hydrogen) atoms. The van der Waals surface area contributed by atoms with Crippen molar-refractivity contribution in [3.63, 3.8) is 0 Å². The van der Waals surface area contributed by atoms with Gasteiger partial charge in [0, 0.05) is 25.8 Å². The van der Waals surface area contributed by atoms with Crippen LogP contribution in [-0.4, -0.2) is 35.4 Å². The monoisotopic (exact) mass is 262 g/mol. The maximum Gasteiger partial charge on any atom is 0.224 e. The Bertz CT molecular complexity index is 445. The van der Waals surface area contributed by atoms with E-state index in [0.717, 1.165) is 44.0 Å². The van der Waals surface area contributed by atoms with E-state index < -0.39 is 0 Å². The molecule has 2 heterocycles. The highest BCUT2D eigenvalue weighted by atomic mass is 16.1. The highest BCUT2D eigenvalue weighted by Gasteiger charge is 2.38. The summed E-state index contributed by atoms with van der Waals surface area (Å²) >= 11 is 0. The lowest BCUT2D eigenvalue weighted by Gasteiger charge is -2.21. The molecule has 1 aromatic rings. The summed E-state index contributed by atoms with van der Waals surface area (Å²) in [5.41, 5.74) is 6.24. The van der Waals surface area contributed by atoms with Gasteiger partial charge >= 0.3 is 0 Å². The quantitative estimate of drug-likeness (QED) is 0.836. The van der Waals surface area contributed by atoms with Crippen LogP contribution in [0.2, 0.25) is 0 Å². The predicted octanol–water partition coefficient (Wildman–Crippen LogP) is 1.21. The highest BCUT2D eigenvalue weighted by molar-refractivity contribution is 5.81. The number of anilines is 1. The average molecular weight is 262 g/mol. The lowest BCUT2D eigenvalue weighted by molar-refractivity contribution is -0.126. The number of amides is 1. The second-order valence-electron chi connectivity index (χ2n) is 5.47. The number of aromatic nitrogens is 1. The van der Waals surface area contributed by atoms with E-state index in [2.05, 4.69) is 21.3 Å². The summed E-state index contributed by atoms with van der Waals surface area (Å²) in [6.45, 7) is 7.33. The SMILES string of the molecule is CCNc1ccc(CN2CCC(C)(C(N)=O)C2)cn1. The van der Waals surface area contributed by atoms with Gasteiger partial charge in [0.15, 0.2) is 0 Å². The number of hydrogen-bond donors (Lipinski definition) is 2. The molecule has 1 aliphatic heterocycles. The van der Waals surface area contributed by atoms with Crippen LogP contribution in [0.1, 0.15) is 25.8 Å². The number of hydrogen-bond acceptors (Lipinski definition) is 4. The third-order valence-corrected chi connectivity index (χ3v) is 3.74. The summed E-state index contributed by atoms with van der Waals surface area (Å²) in [6, 6.07) is 4.06. The molecule has 0 radical (unpaired) electrons. The van der Waals surface area contributed by atoms with E-state index in [4.69, 9.17) is 5.73 Å². The number of nitrogens with two attached hydrogens (primary N) is 1. The second-order valence-corrected chi connectivity index (χ2v) is 5.47. The van der Waals surface area contributed by atoms with Gasteiger partial charge < -0.3 is 11.1 Å². The van der Waals surface area contributed by atoms with Crippen LogP contribution in [0.15, 0.2) is 18.3 Å². The number of carbonyl (C=O) groups is 1. The first-order chi connectivity index (χ1) is 9.03. The first-order valence-electron chi connectivity index (χ1n) is 6.74. The Hall–Kier alpha value is -1.62. The van der Waals surface area contributed by atoms with E-state index in [0.29, 0.717) is 0 Å². The zero-order chi connectivity index (χ0) is 13.9. The zero-order valence-electron chi connectivity index (χ0n) is 11.6. The molecule has 0 saturated carbocycles. The lowest BCUT2D eigenvalue weighted by Crippen LogP contribution is -2.36. The number of carbonyl (C=O) groups excluding carboxylic acids is 1. The van der Waals surface area contributed by atoms with E-state index >= 15 is 0 Å². The summed E-state index contributed by atoms with van der Waals surface area (Å²) in [5.74, 6) is 0.699. The highest BCUT2D eigenvalue weighted by Crippen LogP contribution is 2.30. The third-order valence-electron chi connectivity index (χ3n) is 3.74. The predicted molar refractivity (Wildman–Crippen MR) is 75.6 cm³/mol. The second kappa shape index (κ2) is 5.57. The molecule has 1 aromatic heterocycles. The van der Waals surface area contributed by atoms with Crippen molar-refractivity contribution in [2.45, 2.75) is 26.8 Å². The fourth-order valence-corrected chi connectivity index (χ4v) is 2.45. The molecule has 5 nitrogen and oxygen atoms in total. The minimum Gasteiger partial charge on any atom is -0.370 e. The maximum absolute atomic E-state index is 11.4. The number of nitrogens with one attached hydrogen (secondary N) is 1. The van der Waals surface area contributed by atoms with Gasteiger partial charge in [-0.15, -0.1) is 0 Å². The number of rotatable bonds is 5. The molecule has 1 saturated heterocycles. The standard InChI is InChI=1S/C14H22N4O/c1-3-16-12-5-4-11(8-17-12)9-18-7-6-14(2,10-18)13(15)19/h4-5,8H,3,6-7,9-10H2,1-2H3,(H2,15,19)(H,16,17).